The molecule has 0 spiro atoms. The van der Waals surface area contributed by atoms with Crippen molar-refractivity contribution >= 4 is 17.2 Å². The molecule has 0 saturated heterocycles. The summed E-state index contributed by atoms with van der Waals surface area (Å²) < 4.78 is 0. The number of hydrogen-bond donors (Lipinski definition) is 1. The third-order valence-corrected chi connectivity index (χ3v) is 3.30. The SMILES string of the molecule is CN(Cc1cscn1)C(=O)c1ccc(CN)cc1. The van der Waals surface area contributed by atoms with Gasteiger partial charge in [0.1, 0.15) is 0 Å². The topological polar surface area (TPSA) is 59.2 Å². The molecule has 1 aromatic heterocycles. The third kappa shape index (κ3) is 2.94. The minimum atomic E-state index is -0.00780. The maximum absolute atomic E-state index is 12.1. The summed E-state index contributed by atoms with van der Waals surface area (Å²) in [6.45, 7) is 1.02. The molecule has 0 aliphatic rings. The van der Waals surface area contributed by atoms with Gasteiger partial charge in [-0.3, -0.25) is 4.79 Å². The van der Waals surface area contributed by atoms with Gasteiger partial charge in [0.25, 0.3) is 5.91 Å². The van der Waals surface area contributed by atoms with E-state index in [0.717, 1.165) is 11.3 Å². The maximum atomic E-state index is 12.1. The van der Waals surface area contributed by atoms with Gasteiger partial charge in [-0.2, -0.15) is 0 Å². The number of nitrogens with zero attached hydrogens (tertiary/aromatic N) is 2. The molecule has 0 atom stereocenters. The molecule has 2 N–H and O–H groups in total. The number of hydrogen-bond acceptors (Lipinski definition) is 4. The first-order valence-corrected chi connectivity index (χ1v) is 6.56. The lowest BCUT2D eigenvalue weighted by Crippen LogP contribution is -2.26. The van der Waals surface area contributed by atoms with E-state index in [2.05, 4.69) is 4.98 Å². The van der Waals surface area contributed by atoms with Crippen molar-refractivity contribution in [3.8, 4) is 0 Å². The third-order valence-electron chi connectivity index (χ3n) is 2.67. The minimum Gasteiger partial charge on any atom is -0.336 e. The summed E-state index contributed by atoms with van der Waals surface area (Å²) >= 11 is 1.53. The molecule has 0 aliphatic carbocycles. The van der Waals surface area contributed by atoms with Crippen molar-refractivity contribution in [3.63, 3.8) is 0 Å². The summed E-state index contributed by atoms with van der Waals surface area (Å²) in [6, 6.07) is 7.37. The minimum absolute atomic E-state index is 0.00780. The second-order valence-corrected chi connectivity index (χ2v) is 4.76. The van der Waals surface area contributed by atoms with Crippen molar-refractivity contribution in [1.82, 2.24) is 9.88 Å². The highest BCUT2D eigenvalue weighted by Gasteiger charge is 2.12. The molecule has 2 aromatic rings. The molecular weight excluding hydrogens is 246 g/mol. The van der Waals surface area contributed by atoms with Crippen LogP contribution in [-0.2, 0) is 13.1 Å². The Kier molecular flexibility index (Phi) is 4.07. The van der Waals surface area contributed by atoms with Gasteiger partial charge in [-0.05, 0) is 17.7 Å². The number of rotatable bonds is 4. The normalized spacial score (nSPS) is 10.3. The molecule has 0 radical (unpaired) electrons. The quantitative estimate of drug-likeness (QED) is 0.914. The number of aromatic nitrogens is 1. The Bertz CT molecular complexity index is 508. The van der Waals surface area contributed by atoms with Crippen LogP contribution in [0.2, 0.25) is 0 Å². The van der Waals surface area contributed by atoms with Gasteiger partial charge in [0.15, 0.2) is 0 Å². The fourth-order valence-electron chi connectivity index (χ4n) is 1.63. The molecule has 0 fully saturated rings. The van der Waals surface area contributed by atoms with Crippen molar-refractivity contribution in [2.75, 3.05) is 7.05 Å². The Labute approximate surface area is 110 Å². The van der Waals surface area contributed by atoms with Crippen molar-refractivity contribution in [3.05, 3.63) is 52.0 Å². The summed E-state index contributed by atoms with van der Waals surface area (Å²) in [5, 5.41) is 1.95. The van der Waals surface area contributed by atoms with E-state index in [1.165, 1.54) is 11.3 Å². The van der Waals surface area contributed by atoms with Crippen LogP contribution in [0.1, 0.15) is 21.6 Å². The fourth-order valence-corrected chi connectivity index (χ4v) is 2.18. The maximum Gasteiger partial charge on any atom is 0.253 e. The predicted molar refractivity (Wildman–Crippen MR) is 72.2 cm³/mol. The molecular formula is C13H15N3OS. The van der Waals surface area contributed by atoms with Crippen molar-refractivity contribution in [1.29, 1.82) is 0 Å². The number of nitrogens with two attached hydrogens (primary N) is 1. The van der Waals surface area contributed by atoms with Gasteiger partial charge >= 0.3 is 0 Å². The molecule has 0 unspecified atom stereocenters. The van der Waals surface area contributed by atoms with Crippen LogP contribution >= 0.6 is 11.3 Å². The van der Waals surface area contributed by atoms with E-state index in [9.17, 15) is 4.79 Å². The molecule has 2 rings (SSSR count). The van der Waals surface area contributed by atoms with Crippen LogP contribution in [0.5, 0.6) is 0 Å². The van der Waals surface area contributed by atoms with Gasteiger partial charge in [-0.15, -0.1) is 11.3 Å². The smallest absolute Gasteiger partial charge is 0.253 e. The first kappa shape index (κ1) is 12.7. The van der Waals surface area contributed by atoms with Crippen molar-refractivity contribution in [2.24, 2.45) is 5.73 Å². The number of carbonyl (C=O) groups excluding carboxylic acids is 1. The highest BCUT2D eigenvalue weighted by atomic mass is 32.1. The Morgan fingerprint density at radius 1 is 1.39 bits per heavy atom. The van der Waals surface area contributed by atoms with Crippen LogP contribution in [0.25, 0.3) is 0 Å². The molecule has 0 bridgehead atoms. The molecule has 1 amide bonds. The van der Waals surface area contributed by atoms with Crippen LogP contribution in [0.15, 0.2) is 35.2 Å². The van der Waals surface area contributed by atoms with Crippen LogP contribution in [0, 0.1) is 0 Å². The second-order valence-electron chi connectivity index (χ2n) is 4.04. The van der Waals surface area contributed by atoms with Crippen LogP contribution in [0.3, 0.4) is 0 Å². The number of thiazole rings is 1. The van der Waals surface area contributed by atoms with E-state index < -0.39 is 0 Å². The lowest BCUT2D eigenvalue weighted by atomic mass is 10.1. The largest absolute Gasteiger partial charge is 0.336 e. The summed E-state index contributed by atoms with van der Waals surface area (Å²) in [5.41, 5.74) is 9.90. The van der Waals surface area contributed by atoms with Gasteiger partial charge in [-0.25, -0.2) is 4.98 Å². The molecule has 1 heterocycles. The highest BCUT2D eigenvalue weighted by molar-refractivity contribution is 7.07. The first-order chi connectivity index (χ1) is 8.70. The molecule has 94 valence electrons. The number of amides is 1. The number of benzene rings is 1. The average molecular weight is 261 g/mol. The monoisotopic (exact) mass is 261 g/mol. The molecule has 0 aliphatic heterocycles. The Morgan fingerprint density at radius 3 is 2.67 bits per heavy atom. The standard InChI is InChI=1S/C13H15N3OS/c1-16(7-12-8-18-9-15-12)13(17)11-4-2-10(6-14)3-5-11/h2-5,8-9H,6-7,14H2,1H3. The summed E-state index contributed by atoms with van der Waals surface area (Å²) in [7, 11) is 1.78. The van der Waals surface area contributed by atoms with Crippen molar-refractivity contribution in [2.45, 2.75) is 13.1 Å². The highest BCUT2D eigenvalue weighted by Crippen LogP contribution is 2.10. The van der Waals surface area contributed by atoms with Crippen LogP contribution in [0.4, 0.5) is 0 Å². The van der Waals surface area contributed by atoms with E-state index in [1.54, 1.807) is 17.5 Å². The summed E-state index contributed by atoms with van der Waals surface area (Å²) in [6.07, 6.45) is 0. The Morgan fingerprint density at radius 2 is 2.11 bits per heavy atom. The lowest BCUT2D eigenvalue weighted by molar-refractivity contribution is 0.0783. The fraction of sp³-hybridized carbons (Fsp3) is 0.231. The first-order valence-electron chi connectivity index (χ1n) is 5.62. The van der Waals surface area contributed by atoms with Crippen molar-refractivity contribution < 1.29 is 4.79 Å². The molecule has 5 heteroatoms. The van der Waals surface area contributed by atoms with Gasteiger partial charge in [0, 0.05) is 24.5 Å². The zero-order chi connectivity index (χ0) is 13.0. The average Bonchev–Trinajstić information content (AvgIpc) is 2.91. The Balaban J connectivity index is 2.05. The molecule has 4 nitrogen and oxygen atoms in total. The second kappa shape index (κ2) is 5.75. The number of carbonyl (C=O) groups is 1. The van der Waals surface area contributed by atoms with Gasteiger partial charge in [0.2, 0.25) is 0 Å². The van der Waals surface area contributed by atoms with Crippen LogP contribution < -0.4 is 5.73 Å². The van der Waals surface area contributed by atoms with Crippen LogP contribution in [-0.4, -0.2) is 22.8 Å². The van der Waals surface area contributed by atoms with E-state index in [-0.39, 0.29) is 5.91 Å². The molecule has 1 aromatic carbocycles. The van der Waals surface area contributed by atoms with E-state index in [4.69, 9.17) is 5.73 Å². The zero-order valence-corrected chi connectivity index (χ0v) is 11.0. The summed E-state index contributed by atoms with van der Waals surface area (Å²) in [5.74, 6) is -0.00780. The van der Waals surface area contributed by atoms with E-state index >= 15 is 0 Å². The Hall–Kier alpha value is -1.72. The predicted octanol–water partition coefficient (Wildman–Crippen LogP) is 1.87. The molecule has 18 heavy (non-hydrogen) atoms. The zero-order valence-electron chi connectivity index (χ0n) is 10.2. The lowest BCUT2D eigenvalue weighted by Gasteiger charge is -2.16. The van der Waals surface area contributed by atoms with E-state index in [1.807, 2.05) is 29.6 Å². The summed E-state index contributed by atoms with van der Waals surface area (Å²) in [4.78, 5) is 18.0. The van der Waals surface area contributed by atoms with Gasteiger partial charge in [-0.1, -0.05) is 12.1 Å². The van der Waals surface area contributed by atoms with E-state index in [0.29, 0.717) is 18.7 Å². The van der Waals surface area contributed by atoms with Gasteiger partial charge in [0.05, 0.1) is 17.7 Å². The van der Waals surface area contributed by atoms with Gasteiger partial charge < -0.3 is 10.6 Å². The molecule has 0 saturated carbocycles.